The molecule has 0 bridgehead atoms. The largest absolute Gasteiger partial charge is 0.468 e. The number of methoxy groups -OCH3 is 1. The van der Waals surface area contributed by atoms with E-state index in [1.807, 2.05) is 0 Å². The Labute approximate surface area is 98.7 Å². The Morgan fingerprint density at radius 1 is 1.40 bits per heavy atom. The molecule has 1 saturated carbocycles. The Kier molecular flexibility index (Phi) is 4.77. The molecule has 3 nitrogen and oxygen atoms in total. The van der Waals surface area contributed by atoms with Gasteiger partial charge in [-0.1, -0.05) is 35.2 Å². The molecule has 1 unspecified atom stereocenters. The average molecular weight is 277 g/mol. The van der Waals surface area contributed by atoms with Crippen molar-refractivity contribution in [1.29, 1.82) is 0 Å². The number of hydrogen-bond donors (Lipinski definition) is 0. The summed E-state index contributed by atoms with van der Waals surface area (Å²) in [7, 11) is 1.35. The normalized spacial score (nSPS) is 28.0. The molecule has 1 atom stereocenters. The predicted molar refractivity (Wildman–Crippen MR) is 61.0 cm³/mol. The maximum atomic E-state index is 12.0. The minimum absolute atomic E-state index is 0.0333. The van der Waals surface area contributed by atoms with E-state index in [0.717, 1.165) is 25.7 Å². The lowest BCUT2D eigenvalue weighted by atomic mass is 9.77. The summed E-state index contributed by atoms with van der Waals surface area (Å²) in [6.45, 7) is 0. The highest BCUT2D eigenvalue weighted by Gasteiger charge is 2.45. The zero-order valence-electron chi connectivity index (χ0n) is 9.05. The zero-order valence-corrected chi connectivity index (χ0v) is 10.6. The number of rotatable bonds is 2. The van der Waals surface area contributed by atoms with Crippen LogP contribution < -0.4 is 0 Å². The lowest BCUT2D eigenvalue weighted by molar-refractivity contribution is -0.157. The van der Waals surface area contributed by atoms with Crippen LogP contribution in [0.2, 0.25) is 0 Å². The highest BCUT2D eigenvalue weighted by atomic mass is 79.9. The standard InChI is InChI=1S/C11H17BrO3/c1-15-10(14)11(8-12)7-5-3-2-4-6-9(11)13/h2-8H2,1H3. The molecule has 0 N–H and O–H groups in total. The number of Topliss-reactive ketones (excluding diaryl/α,β-unsaturated/α-hetero) is 1. The first kappa shape index (κ1) is 12.7. The molecule has 4 heteroatoms. The number of alkyl halides is 1. The minimum Gasteiger partial charge on any atom is -0.468 e. The van der Waals surface area contributed by atoms with Gasteiger partial charge in [0.15, 0.2) is 5.78 Å². The Hall–Kier alpha value is -0.380. The molecule has 1 aliphatic carbocycles. The van der Waals surface area contributed by atoms with Crippen molar-refractivity contribution in [2.75, 3.05) is 12.4 Å². The smallest absolute Gasteiger partial charge is 0.320 e. The van der Waals surface area contributed by atoms with Crippen LogP contribution in [0.15, 0.2) is 0 Å². The number of ketones is 1. The molecule has 0 spiro atoms. The van der Waals surface area contributed by atoms with Gasteiger partial charge in [-0.2, -0.15) is 0 Å². The maximum absolute atomic E-state index is 12.0. The zero-order chi connectivity index (χ0) is 11.3. The molecule has 15 heavy (non-hydrogen) atoms. The lowest BCUT2D eigenvalue weighted by Crippen LogP contribution is -2.42. The van der Waals surface area contributed by atoms with E-state index in [0.29, 0.717) is 18.2 Å². The van der Waals surface area contributed by atoms with Crippen LogP contribution >= 0.6 is 15.9 Å². The number of carbonyl (C=O) groups is 2. The van der Waals surface area contributed by atoms with E-state index in [4.69, 9.17) is 4.74 Å². The number of ether oxygens (including phenoxy) is 1. The van der Waals surface area contributed by atoms with E-state index in [-0.39, 0.29) is 11.8 Å². The second-order valence-electron chi connectivity index (χ2n) is 4.04. The van der Waals surface area contributed by atoms with Crippen molar-refractivity contribution in [3.8, 4) is 0 Å². The van der Waals surface area contributed by atoms with E-state index in [2.05, 4.69) is 15.9 Å². The fraction of sp³-hybridized carbons (Fsp3) is 0.818. The molecular weight excluding hydrogens is 260 g/mol. The molecular formula is C11H17BrO3. The van der Waals surface area contributed by atoms with E-state index >= 15 is 0 Å². The van der Waals surface area contributed by atoms with Gasteiger partial charge in [0.2, 0.25) is 0 Å². The third kappa shape index (κ3) is 2.60. The number of halogens is 1. The van der Waals surface area contributed by atoms with Crippen molar-refractivity contribution >= 4 is 27.7 Å². The van der Waals surface area contributed by atoms with Crippen molar-refractivity contribution in [3.63, 3.8) is 0 Å². The molecule has 0 aromatic carbocycles. The molecule has 1 fully saturated rings. The number of carbonyl (C=O) groups excluding carboxylic acids is 2. The highest BCUT2D eigenvalue weighted by Crippen LogP contribution is 2.34. The fourth-order valence-electron chi connectivity index (χ4n) is 2.05. The average Bonchev–Trinajstić information content (AvgIpc) is 2.24. The molecule has 0 aromatic rings. The van der Waals surface area contributed by atoms with Crippen LogP contribution in [0.4, 0.5) is 0 Å². The Balaban J connectivity index is 2.89. The monoisotopic (exact) mass is 276 g/mol. The number of esters is 1. The van der Waals surface area contributed by atoms with Crippen LogP contribution in [0.5, 0.6) is 0 Å². The summed E-state index contributed by atoms with van der Waals surface area (Å²) in [4.78, 5) is 23.7. The van der Waals surface area contributed by atoms with E-state index < -0.39 is 5.41 Å². The van der Waals surface area contributed by atoms with Crippen molar-refractivity contribution in [3.05, 3.63) is 0 Å². The molecule has 0 aliphatic heterocycles. The molecule has 1 rings (SSSR count). The van der Waals surface area contributed by atoms with Gasteiger partial charge in [0, 0.05) is 11.8 Å². The van der Waals surface area contributed by atoms with Gasteiger partial charge in [-0.3, -0.25) is 9.59 Å². The van der Waals surface area contributed by atoms with Gasteiger partial charge in [0.25, 0.3) is 0 Å². The van der Waals surface area contributed by atoms with E-state index in [1.165, 1.54) is 7.11 Å². The Morgan fingerprint density at radius 2 is 2.07 bits per heavy atom. The summed E-state index contributed by atoms with van der Waals surface area (Å²) in [6.07, 6.45) is 5.12. The van der Waals surface area contributed by atoms with Crippen LogP contribution in [-0.4, -0.2) is 24.2 Å². The van der Waals surface area contributed by atoms with Gasteiger partial charge in [-0.15, -0.1) is 0 Å². The summed E-state index contributed by atoms with van der Waals surface area (Å²) in [5.74, 6) is -0.350. The number of hydrogen-bond acceptors (Lipinski definition) is 3. The minimum atomic E-state index is -0.921. The first-order valence-electron chi connectivity index (χ1n) is 5.35. The van der Waals surface area contributed by atoms with Gasteiger partial charge in [0.1, 0.15) is 5.41 Å². The molecule has 0 aromatic heterocycles. The fourth-order valence-corrected chi connectivity index (χ4v) is 2.87. The second kappa shape index (κ2) is 5.64. The first-order valence-corrected chi connectivity index (χ1v) is 6.47. The SMILES string of the molecule is COC(=O)C1(CBr)CCCCCCC1=O. The van der Waals surface area contributed by atoms with Crippen molar-refractivity contribution in [1.82, 2.24) is 0 Å². The van der Waals surface area contributed by atoms with E-state index in [9.17, 15) is 9.59 Å². The Bertz CT molecular complexity index is 252. The quantitative estimate of drug-likeness (QED) is 0.442. The topological polar surface area (TPSA) is 43.4 Å². The summed E-state index contributed by atoms with van der Waals surface area (Å²) < 4.78 is 4.76. The molecule has 0 amide bonds. The van der Waals surface area contributed by atoms with Crippen LogP contribution in [0.25, 0.3) is 0 Å². The molecule has 0 radical (unpaired) electrons. The van der Waals surface area contributed by atoms with Crippen LogP contribution in [0, 0.1) is 5.41 Å². The van der Waals surface area contributed by atoms with Crippen LogP contribution in [-0.2, 0) is 14.3 Å². The van der Waals surface area contributed by atoms with Crippen LogP contribution in [0.1, 0.15) is 38.5 Å². The van der Waals surface area contributed by atoms with Gasteiger partial charge < -0.3 is 4.74 Å². The van der Waals surface area contributed by atoms with Gasteiger partial charge in [-0.25, -0.2) is 0 Å². The molecule has 0 saturated heterocycles. The summed E-state index contributed by atoms with van der Waals surface area (Å²) >= 11 is 3.29. The van der Waals surface area contributed by atoms with Gasteiger partial charge >= 0.3 is 5.97 Å². The third-order valence-electron chi connectivity index (χ3n) is 3.10. The summed E-state index contributed by atoms with van der Waals surface area (Å²) in [5.41, 5.74) is -0.921. The van der Waals surface area contributed by atoms with Crippen LogP contribution in [0.3, 0.4) is 0 Å². The van der Waals surface area contributed by atoms with Crippen molar-refractivity contribution in [2.24, 2.45) is 5.41 Å². The molecule has 1 aliphatic rings. The highest BCUT2D eigenvalue weighted by molar-refractivity contribution is 9.09. The second-order valence-corrected chi connectivity index (χ2v) is 4.61. The molecule has 0 heterocycles. The van der Waals surface area contributed by atoms with Gasteiger partial charge in [0.05, 0.1) is 7.11 Å². The summed E-state index contributed by atoms with van der Waals surface area (Å²) in [5, 5.41) is 0.380. The third-order valence-corrected chi connectivity index (χ3v) is 4.05. The van der Waals surface area contributed by atoms with Gasteiger partial charge in [-0.05, 0) is 12.8 Å². The van der Waals surface area contributed by atoms with Crippen molar-refractivity contribution < 1.29 is 14.3 Å². The molecule has 86 valence electrons. The van der Waals surface area contributed by atoms with E-state index in [1.54, 1.807) is 0 Å². The Morgan fingerprint density at radius 3 is 2.67 bits per heavy atom. The predicted octanol–water partition coefficient (Wildman–Crippen LogP) is 2.46. The first-order chi connectivity index (χ1) is 7.17. The maximum Gasteiger partial charge on any atom is 0.320 e. The lowest BCUT2D eigenvalue weighted by Gasteiger charge is -2.29. The van der Waals surface area contributed by atoms with Crippen molar-refractivity contribution in [2.45, 2.75) is 38.5 Å². The summed E-state index contributed by atoms with van der Waals surface area (Å²) in [6, 6.07) is 0.